The fraction of sp³-hybridized carbons (Fsp3) is 0.0476. The van der Waals surface area contributed by atoms with Crippen LogP contribution in [0.4, 0.5) is 24.5 Å². The van der Waals surface area contributed by atoms with E-state index < -0.39 is 28.3 Å². The lowest BCUT2D eigenvalue weighted by atomic mass is 10.1. The fourth-order valence-electron chi connectivity index (χ4n) is 2.59. The average molecular weight is 476 g/mol. The number of halogens is 3. The van der Waals surface area contributed by atoms with E-state index >= 15 is 0 Å². The molecule has 0 radical (unpaired) electrons. The highest BCUT2D eigenvalue weighted by Gasteiger charge is 2.33. The molecule has 0 aliphatic heterocycles. The van der Waals surface area contributed by atoms with Gasteiger partial charge in [-0.25, -0.2) is 0 Å². The van der Waals surface area contributed by atoms with E-state index in [4.69, 9.17) is 17.0 Å². The van der Waals surface area contributed by atoms with Crippen LogP contribution in [-0.2, 0) is 6.18 Å². The highest BCUT2D eigenvalue weighted by atomic mass is 32.1. The number of nitro benzene ring substituents is 1. The monoisotopic (exact) mass is 476 g/mol. The van der Waals surface area contributed by atoms with Crippen molar-refractivity contribution in [1.82, 2.24) is 10.9 Å². The molecule has 33 heavy (non-hydrogen) atoms. The molecule has 0 aliphatic rings. The SMILES string of the molecule is O=C(NNC(=S)Nc1ccccc1)c1ccc(Oc2ccc(C(F)(F)F)cc2[N+](=O)[O-])cc1. The molecule has 3 aromatic carbocycles. The van der Waals surface area contributed by atoms with Crippen LogP contribution in [0.2, 0.25) is 0 Å². The number of hydrogen-bond acceptors (Lipinski definition) is 5. The summed E-state index contributed by atoms with van der Waals surface area (Å²) >= 11 is 5.08. The fourth-order valence-corrected chi connectivity index (χ4v) is 2.76. The Kier molecular flexibility index (Phi) is 7.08. The summed E-state index contributed by atoms with van der Waals surface area (Å²) in [5, 5.41) is 14.2. The second-order valence-corrected chi connectivity index (χ2v) is 6.87. The lowest BCUT2D eigenvalue weighted by Gasteiger charge is -2.12. The number of ether oxygens (including phenoxy) is 1. The van der Waals surface area contributed by atoms with Crippen LogP contribution >= 0.6 is 12.2 Å². The van der Waals surface area contributed by atoms with Gasteiger partial charge in [-0.2, -0.15) is 13.2 Å². The molecule has 0 aliphatic carbocycles. The number of rotatable bonds is 5. The van der Waals surface area contributed by atoms with Crippen molar-refractivity contribution < 1.29 is 27.6 Å². The smallest absolute Gasteiger partial charge is 0.416 e. The van der Waals surface area contributed by atoms with Crippen LogP contribution in [0, 0.1) is 10.1 Å². The van der Waals surface area contributed by atoms with Gasteiger partial charge in [-0.15, -0.1) is 0 Å². The molecule has 1 amide bonds. The predicted molar refractivity (Wildman–Crippen MR) is 118 cm³/mol. The lowest BCUT2D eigenvalue weighted by Crippen LogP contribution is -2.43. The second kappa shape index (κ2) is 9.96. The van der Waals surface area contributed by atoms with Gasteiger partial charge in [0.25, 0.3) is 5.91 Å². The molecule has 170 valence electrons. The number of para-hydroxylation sites is 1. The number of hydrogen-bond donors (Lipinski definition) is 3. The van der Waals surface area contributed by atoms with Gasteiger partial charge in [-0.05, 0) is 60.7 Å². The first-order valence-corrected chi connectivity index (χ1v) is 9.60. The van der Waals surface area contributed by atoms with Crippen LogP contribution < -0.4 is 20.9 Å². The van der Waals surface area contributed by atoms with Crippen LogP contribution in [0.25, 0.3) is 0 Å². The Balaban J connectivity index is 1.62. The Morgan fingerprint density at radius 1 is 0.970 bits per heavy atom. The third-order valence-corrected chi connectivity index (χ3v) is 4.35. The number of amides is 1. The number of hydrazine groups is 1. The molecular weight excluding hydrogens is 461 g/mol. The maximum absolute atomic E-state index is 12.8. The lowest BCUT2D eigenvalue weighted by molar-refractivity contribution is -0.385. The van der Waals surface area contributed by atoms with Crippen LogP contribution in [-0.4, -0.2) is 15.9 Å². The molecule has 3 N–H and O–H groups in total. The van der Waals surface area contributed by atoms with Gasteiger partial charge < -0.3 is 10.1 Å². The zero-order chi connectivity index (χ0) is 24.0. The van der Waals surface area contributed by atoms with E-state index in [1.165, 1.54) is 24.3 Å². The molecule has 8 nitrogen and oxygen atoms in total. The molecule has 0 unspecified atom stereocenters. The minimum Gasteiger partial charge on any atom is -0.450 e. The second-order valence-electron chi connectivity index (χ2n) is 6.46. The highest BCUT2D eigenvalue weighted by Crippen LogP contribution is 2.37. The summed E-state index contributed by atoms with van der Waals surface area (Å²) in [6, 6.07) is 16.4. The van der Waals surface area contributed by atoms with Crippen molar-refractivity contribution in [3.05, 3.63) is 94.0 Å². The Bertz CT molecular complexity index is 1170. The third-order valence-electron chi connectivity index (χ3n) is 4.15. The summed E-state index contributed by atoms with van der Waals surface area (Å²) in [6.07, 6.45) is -4.73. The average Bonchev–Trinajstić information content (AvgIpc) is 2.78. The molecule has 0 atom stereocenters. The van der Waals surface area contributed by atoms with Crippen molar-refractivity contribution >= 4 is 34.6 Å². The molecule has 0 bridgehead atoms. The van der Waals surface area contributed by atoms with E-state index in [1.54, 1.807) is 12.1 Å². The topological polar surface area (TPSA) is 106 Å². The van der Waals surface area contributed by atoms with Gasteiger partial charge in [0.05, 0.1) is 10.5 Å². The minimum atomic E-state index is -4.73. The zero-order valence-electron chi connectivity index (χ0n) is 16.6. The van der Waals surface area contributed by atoms with Gasteiger partial charge in [-0.1, -0.05) is 18.2 Å². The standard InChI is InChI=1S/C21H15F3N4O4S/c22-21(23,24)14-8-11-18(17(12-14)28(30)31)32-16-9-6-13(7-10-16)19(29)26-27-20(33)25-15-4-2-1-3-5-15/h1-12H,(H,26,29)(H2,25,27,33). The summed E-state index contributed by atoms with van der Waals surface area (Å²) in [7, 11) is 0. The predicted octanol–water partition coefficient (Wildman–Crippen LogP) is 5.04. The molecule has 0 saturated carbocycles. The van der Waals surface area contributed by atoms with Gasteiger partial charge in [-0.3, -0.25) is 25.8 Å². The van der Waals surface area contributed by atoms with Crippen LogP contribution in [0.1, 0.15) is 15.9 Å². The number of nitrogens with zero attached hydrogens (tertiary/aromatic N) is 1. The number of nitro groups is 1. The van der Waals surface area contributed by atoms with Crippen LogP contribution in [0.15, 0.2) is 72.8 Å². The summed E-state index contributed by atoms with van der Waals surface area (Å²) in [4.78, 5) is 22.4. The van der Waals surface area contributed by atoms with Crippen LogP contribution in [0.3, 0.4) is 0 Å². The van der Waals surface area contributed by atoms with Crippen molar-refractivity contribution in [2.45, 2.75) is 6.18 Å². The maximum atomic E-state index is 12.8. The molecule has 0 fully saturated rings. The molecule has 3 rings (SSSR count). The molecule has 0 saturated heterocycles. The quantitative estimate of drug-likeness (QED) is 0.269. The number of alkyl halides is 3. The van der Waals surface area contributed by atoms with Crippen LogP contribution in [0.5, 0.6) is 11.5 Å². The van der Waals surface area contributed by atoms with Gasteiger partial charge in [0.15, 0.2) is 5.11 Å². The number of benzene rings is 3. The summed E-state index contributed by atoms with van der Waals surface area (Å²) < 4.78 is 43.8. The first kappa shape index (κ1) is 23.5. The Morgan fingerprint density at radius 2 is 1.64 bits per heavy atom. The van der Waals surface area contributed by atoms with Crippen molar-refractivity contribution in [3.8, 4) is 11.5 Å². The third kappa shape index (κ3) is 6.40. The molecule has 0 heterocycles. The minimum absolute atomic E-state index is 0.0867. The first-order valence-electron chi connectivity index (χ1n) is 9.19. The maximum Gasteiger partial charge on any atom is 0.416 e. The van der Waals surface area contributed by atoms with E-state index in [1.807, 2.05) is 18.2 Å². The number of thiocarbonyl (C=S) groups is 1. The summed E-state index contributed by atoms with van der Waals surface area (Å²) in [5.41, 5.74) is 3.88. The van der Waals surface area contributed by atoms with Gasteiger partial charge in [0.2, 0.25) is 5.75 Å². The first-order chi connectivity index (χ1) is 15.6. The van der Waals surface area contributed by atoms with E-state index in [2.05, 4.69) is 16.2 Å². The molecule has 0 aromatic heterocycles. The number of carbonyl (C=O) groups excluding carboxylic acids is 1. The summed E-state index contributed by atoms with van der Waals surface area (Å²) in [6.45, 7) is 0. The molecule has 0 spiro atoms. The Morgan fingerprint density at radius 3 is 2.24 bits per heavy atom. The summed E-state index contributed by atoms with van der Waals surface area (Å²) in [5.74, 6) is -0.813. The largest absolute Gasteiger partial charge is 0.450 e. The zero-order valence-corrected chi connectivity index (χ0v) is 17.4. The van der Waals surface area contributed by atoms with E-state index in [9.17, 15) is 28.1 Å². The Hall–Kier alpha value is -4.19. The molecule has 12 heteroatoms. The molecular formula is C21H15F3N4O4S. The van der Waals surface area contributed by atoms with Crippen molar-refractivity contribution in [2.75, 3.05) is 5.32 Å². The van der Waals surface area contributed by atoms with E-state index in [0.29, 0.717) is 12.1 Å². The molecule has 3 aromatic rings. The number of carbonyl (C=O) groups is 1. The van der Waals surface area contributed by atoms with Crippen molar-refractivity contribution in [1.29, 1.82) is 0 Å². The van der Waals surface area contributed by atoms with Gasteiger partial charge >= 0.3 is 11.9 Å². The van der Waals surface area contributed by atoms with Crippen molar-refractivity contribution in [3.63, 3.8) is 0 Å². The van der Waals surface area contributed by atoms with Gasteiger partial charge in [0.1, 0.15) is 5.75 Å². The van der Waals surface area contributed by atoms with E-state index in [0.717, 1.165) is 11.8 Å². The number of anilines is 1. The normalized spacial score (nSPS) is 10.8. The number of nitrogens with one attached hydrogen (secondary N) is 3. The Labute approximate surface area is 190 Å². The van der Waals surface area contributed by atoms with E-state index in [-0.39, 0.29) is 22.2 Å². The highest BCUT2D eigenvalue weighted by molar-refractivity contribution is 7.80. The van der Waals surface area contributed by atoms with Gasteiger partial charge in [0, 0.05) is 17.3 Å². The van der Waals surface area contributed by atoms with Crippen molar-refractivity contribution in [2.24, 2.45) is 0 Å².